The molecule has 0 amide bonds. The van der Waals surface area contributed by atoms with Gasteiger partial charge in [0.2, 0.25) is 5.82 Å². The molecule has 0 spiro atoms. The molecule has 1 aromatic rings. The number of benzene rings is 1. The Morgan fingerprint density at radius 2 is 2.00 bits per heavy atom. The summed E-state index contributed by atoms with van der Waals surface area (Å²) in [5.74, 6) is -3.51. The number of nitrogens with two attached hydrogens (primary N) is 1. The first-order chi connectivity index (χ1) is 6.07. The Morgan fingerprint density at radius 3 is 2.54 bits per heavy atom. The Kier molecular flexibility index (Phi) is 2.77. The topological polar surface area (TPSA) is 46.2 Å². The fourth-order valence-electron chi connectivity index (χ4n) is 0.937. The molecule has 0 heterocycles. The molecule has 0 unspecified atom stereocenters. The van der Waals surface area contributed by atoms with E-state index in [2.05, 4.69) is 0 Å². The molecule has 0 aliphatic carbocycles. The van der Waals surface area contributed by atoms with Crippen molar-refractivity contribution in [3.63, 3.8) is 0 Å². The molecular weight excluding hydrogens is 183 g/mol. The SMILES string of the molecule is N[C@H](CF)c1ccc(F)c(F)c1O. The fraction of sp³-hybridized carbons (Fsp3) is 0.250. The van der Waals surface area contributed by atoms with Gasteiger partial charge in [0.05, 0.1) is 6.04 Å². The van der Waals surface area contributed by atoms with Gasteiger partial charge < -0.3 is 10.8 Å². The molecule has 1 aromatic carbocycles. The molecule has 0 fully saturated rings. The Morgan fingerprint density at radius 1 is 1.38 bits per heavy atom. The van der Waals surface area contributed by atoms with E-state index in [1.165, 1.54) is 0 Å². The van der Waals surface area contributed by atoms with E-state index in [1.807, 2.05) is 0 Å². The second-order valence-electron chi connectivity index (χ2n) is 2.56. The summed E-state index contributed by atoms with van der Waals surface area (Å²) < 4.78 is 37.2. The maximum Gasteiger partial charge on any atom is 0.200 e. The van der Waals surface area contributed by atoms with E-state index in [9.17, 15) is 13.2 Å². The lowest BCUT2D eigenvalue weighted by molar-refractivity contribution is 0.381. The number of aromatic hydroxyl groups is 1. The summed E-state index contributed by atoms with van der Waals surface area (Å²) in [6, 6.07) is 0.716. The number of hydrogen-bond acceptors (Lipinski definition) is 2. The molecule has 13 heavy (non-hydrogen) atoms. The summed E-state index contributed by atoms with van der Waals surface area (Å²) in [5, 5.41) is 9.02. The van der Waals surface area contributed by atoms with Crippen LogP contribution in [-0.4, -0.2) is 11.8 Å². The highest BCUT2D eigenvalue weighted by Gasteiger charge is 2.16. The second kappa shape index (κ2) is 3.66. The third kappa shape index (κ3) is 1.75. The molecule has 0 aliphatic heterocycles. The molecule has 0 radical (unpaired) electrons. The minimum Gasteiger partial charge on any atom is -0.505 e. The lowest BCUT2D eigenvalue weighted by atomic mass is 10.1. The van der Waals surface area contributed by atoms with Crippen LogP contribution >= 0.6 is 0 Å². The minimum atomic E-state index is -1.40. The molecule has 0 saturated heterocycles. The number of alkyl halides is 1. The normalized spacial score (nSPS) is 12.9. The third-order valence-corrected chi connectivity index (χ3v) is 1.67. The highest BCUT2D eigenvalue weighted by Crippen LogP contribution is 2.27. The number of phenolic OH excluding ortho intramolecular Hbond substituents is 1. The average Bonchev–Trinajstić information content (AvgIpc) is 2.13. The van der Waals surface area contributed by atoms with Crippen LogP contribution in [0.1, 0.15) is 11.6 Å². The van der Waals surface area contributed by atoms with Gasteiger partial charge in [-0.15, -0.1) is 0 Å². The zero-order valence-corrected chi connectivity index (χ0v) is 6.60. The summed E-state index contributed by atoms with van der Waals surface area (Å²) in [4.78, 5) is 0. The number of phenols is 1. The molecule has 0 aliphatic rings. The monoisotopic (exact) mass is 191 g/mol. The van der Waals surface area contributed by atoms with Crippen molar-refractivity contribution in [2.45, 2.75) is 6.04 Å². The molecule has 0 aromatic heterocycles. The van der Waals surface area contributed by atoms with E-state index >= 15 is 0 Å². The number of rotatable bonds is 2. The molecule has 1 atom stereocenters. The molecular formula is C8H8F3NO. The maximum absolute atomic E-state index is 12.7. The predicted octanol–water partition coefficient (Wildman–Crippen LogP) is 1.64. The lowest BCUT2D eigenvalue weighted by Crippen LogP contribution is -2.13. The quantitative estimate of drug-likeness (QED) is 0.746. The first-order valence-electron chi connectivity index (χ1n) is 3.56. The first-order valence-corrected chi connectivity index (χ1v) is 3.56. The van der Waals surface area contributed by atoms with Gasteiger partial charge in [-0.3, -0.25) is 0 Å². The van der Waals surface area contributed by atoms with E-state index in [4.69, 9.17) is 10.8 Å². The van der Waals surface area contributed by atoms with Crippen LogP contribution in [0.15, 0.2) is 12.1 Å². The average molecular weight is 191 g/mol. The Bertz CT molecular complexity index is 317. The summed E-state index contributed by atoms with van der Waals surface area (Å²) >= 11 is 0. The Labute approximate surface area is 72.8 Å². The first kappa shape index (κ1) is 9.85. The van der Waals surface area contributed by atoms with Gasteiger partial charge in [0.15, 0.2) is 11.6 Å². The van der Waals surface area contributed by atoms with Gasteiger partial charge in [0.1, 0.15) is 6.67 Å². The van der Waals surface area contributed by atoms with Gasteiger partial charge in [-0.1, -0.05) is 6.07 Å². The van der Waals surface area contributed by atoms with Gasteiger partial charge >= 0.3 is 0 Å². The van der Waals surface area contributed by atoms with Crippen LogP contribution in [0.2, 0.25) is 0 Å². The van der Waals surface area contributed by atoms with E-state index in [0.717, 1.165) is 12.1 Å². The molecule has 3 N–H and O–H groups in total. The lowest BCUT2D eigenvalue weighted by Gasteiger charge is -2.09. The van der Waals surface area contributed by atoms with Crippen LogP contribution in [0.25, 0.3) is 0 Å². The maximum atomic E-state index is 12.7. The van der Waals surface area contributed by atoms with Crippen LogP contribution in [-0.2, 0) is 0 Å². The van der Waals surface area contributed by atoms with E-state index < -0.39 is 30.1 Å². The van der Waals surface area contributed by atoms with Gasteiger partial charge in [-0.05, 0) is 6.07 Å². The van der Waals surface area contributed by atoms with E-state index in [-0.39, 0.29) is 5.56 Å². The zero-order valence-electron chi connectivity index (χ0n) is 6.60. The van der Waals surface area contributed by atoms with Crippen molar-refractivity contribution in [2.75, 3.05) is 6.67 Å². The van der Waals surface area contributed by atoms with Crippen molar-refractivity contribution in [3.05, 3.63) is 29.3 Å². The van der Waals surface area contributed by atoms with Crippen LogP contribution in [0, 0.1) is 11.6 Å². The van der Waals surface area contributed by atoms with E-state index in [0.29, 0.717) is 0 Å². The van der Waals surface area contributed by atoms with Crippen molar-refractivity contribution in [3.8, 4) is 5.75 Å². The van der Waals surface area contributed by atoms with Gasteiger partial charge in [0.25, 0.3) is 0 Å². The third-order valence-electron chi connectivity index (χ3n) is 1.67. The highest BCUT2D eigenvalue weighted by molar-refractivity contribution is 5.36. The summed E-state index contributed by atoms with van der Waals surface area (Å²) in [6.45, 7) is -0.946. The van der Waals surface area contributed by atoms with Gasteiger partial charge in [-0.2, -0.15) is 4.39 Å². The summed E-state index contributed by atoms with van der Waals surface area (Å²) in [5.41, 5.74) is 5.05. The summed E-state index contributed by atoms with van der Waals surface area (Å²) in [6.07, 6.45) is 0. The summed E-state index contributed by atoms with van der Waals surface area (Å²) in [7, 11) is 0. The van der Waals surface area contributed by atoms with Crippen molar-refractivity contribution < 1.29 is 18.3 Å². The van der Waals surface area contributed by atoms with Crippen LogP contribution in [0.3, 0.4) is 0 Å². The Hall–Kier alpha value is -1.23. The highest BCUT2D eigenvalue weighted by atomic mass is 19.2. The molecule has 0 saturated carbocycles. The van der Waals surface area contributed by atoms with Crippen molar-refractivity contribution in [1.82, 2.24) is 0 Å². The van der Waals surface area contributed by atoms with Gasteiger partial charge in [0, 0.05) is 5.56 Å². The minimum absolute atomic E-state index is 0.138. The predicted molar refractivity (Wildman–Crippen MR) is 40.9 cm³/mol. The smallest absolute Gasteiger partial charge is 0.200 e. The number of halogens is 3. The molecule has 2 nitrogen and oxygen atoms in total. The van der Waals surface area contributed by atoms with Crippen LogP contribution in [0.5, 0.6) is 5.75 Å². The van der Waals surface area contributed by atoms with Crippen molar-refractivity contribution >= 4 is 0 Å². The number of hydrogen-bond donors (Lipinski definition) is 2. The van der Waals surface area contributed by atoms with Crippen LogP contribution in [0.4, 0.5) is 13.2 Å². The molecule has 72 valence electrons. The van der Waals surface area contributed by atoms with Crippen molar-refractivity contribution in [2.24, 2.45) is 5.73 Å². The zero-order chi connectivity index (χ0) is 10.0. The largest absolute Gasteiger partial charge is 0.505 e. The molecule has 1 rings (SSSR count). The van der Waals surface area contributed by atoms with Crippen LogP contribution < -0.4 is 5.73 Å². The second-order valence-corrected chi connectivity index (χ2v) is 2.56. The molecule has 5 heteroatoms. The van der Waals surface area contributed by atoms with E-state index in [1.54, 1.807) is 0 Å². The van der Waals surface area contributed by atoms with Gasteiger partial charge in [-0.25, -0.2) is 8.78 Å². The standard InChI is InChI=1S/C8H8F3NO/c9-3-6(12)4-1-2-5(10)7(11)8(4)13/h1-2,6,13H,3,12H2/t6-/m1/s1. The fourth-order valence-corrected chi connectivity index (χ4v) is 0.937. The Balaban J connectivity index is 3.18. The molecule has 0 bridgehead atoms. The van der Waals surface area contributed by atoms with Crippen molar-refractivity contribution in [1.29, 1.82) is 0 Å².